The van der Waals surface area contributed by atoms with Crippen LogP contribution < -0.4 is 0 Å². The predicted molar refractivity (Wildman–Crippen MR) is 248 cm³/mol. The molecule has 0 aliphatic heterocycles. The molecule has 0 aliphatic rings. The molecule has 0 aromatic carbocycles. The van der Waals surface area contributed by atoms with E-state index >= 15 is 0 Å². The number of rotatable bonds is 47. The molecule has 0 amide bonds. The maximum Gasteiger partial charge on any atom is 0.311 e. The quantitative estimate of drug-likeness (QED) is 0.0296. The standard InChI is InChI=1S/C41H90O22Si3/c1-8-9-11-64(2,3)62-66(6,7)63-65(4,5)12-10-37(25-55-28-40(27-54-20-33(49)14-43)59-24-36(52)21-53-19-32(48)13-42)60-31-41(61-30-39(18-47)58-23-35(51)16-45)29-56-26-38(17-46)57-22-34(50)15-44/h32-52H,8-31H2,1-7H3. The molecule has 0 rings (SSSR count). The second-order valence-electron chi connectivity index (χ2n) is 18.1. The van der Waals surface area contributed by atoms with E-state index < -0.39 is 126 Å². The topological polar surface area (TPSA) is 324 Å². The second-order valence-corrected chi connectivity index (χ2v) is 30.5. The summed E-state index contributed by atoms with van der Waals surface area (Å²) in [5, 5.41) is 106. The van der Waals surface area contributed by atoms with Crippen LogP contribution in [0.5, 0.6) is 0 Å². The molecule has 0 bridgehead atoms. The zero-order valence-electron chi connectivity index (χ0n) is 40.7. The predicted octanol–water partition coefficient (Wildman–Crippen LogP) is -1.93. The lowest BCUT2D eigenvalue weighted by Crippen LogP contribution is -2.52. The van der Waals surface area contributed by atoms with Gasteiger partial charge >= 0.3 is 8.56 Å². The number of aliphatic hydroxyl groups excluding tert-OH is 11. The average molecular weight is 1020 g/mol. The van der Waals surface area contributed by atoms with Crippen LogP contribution in [0.3, 0.4) is 0 Å². The average Bonchev–Trinajstić information content (AvgIpc) is 3.27. The van der Waals surface area contributed by atoms with Crippen molar-refractivity contribution in [3.05, 3.63) is 0 Å². The van der Waals surface area contributed by atoms with E-state index in [-0.39, 0.29) is 85.9 Å². The molecule has 10 unspecified atom stereocenters. The zero-order valence-corrected chi connectivity index (χ0v) is 43.7. The fourth-order valence-corrected chi connectivity index (χ4v) is 20.4. The van der Waals surface area contributed by atoms with E-state index in [0.29, 0.717) is 12.5 Å². The van der Waals surface area contributed by atoms with Crippen LogP contribution >= 0.6 is 0 Å². The van der Waals surface area contributed by atoms with Gasteiger partial charge in [-0.25, -0.2) is 0 Å². The van der Waals surface area contributed by atoms with E-state index in [1.807, 2.05) is 0 Å². The summed E-state index contributed by atoms with van der Waals surface area (Å²) in [5.41, 5.74) is 0. The van der Waals surface area contributed by atoms with Crippen molar-refractivity contribution in [1.29, 1.82) is 0 Å². The Hall–Kier alpha value is -0.229. The van der Waals surface area contributed by atoms with Gasteiger partial charge in [0.05, 0.1) is 132 Å². The van der Waals surface area contributed by atoms with E-state index in [1.165, 1.54) is 0 Å². The Bertz CT molecular complexity index is 1120. The van der Waals surface area contributed by atoms with E-state index in [2.05, 4.69) is 46.2 Å². The third-order valence-corrected chi connectivity index (χ3v) is 21.0. The van der Waals surface area contributed by atoms with Crippen LogP contribution in [0.15, 0.2) is 0 Å². The van der Waals surface area contributed by atoms with Crippen molar-refractivity contribution < 1.29 is 107 Å². The molecule has 25 heteroatoms. The monoisotopic (exact) mass is 1020 g/mol. The van der Waals surface area contributed by atoms with Crippen molar-refractivity contribution in [3.63, 3.8) is 0 Å². The molecule has 10 atom stereocenters. The summed E-state index contributed by atoms with van der Waals surface area (Å²) in [6, 6.07) is 1.70. The smallest absolute Gasteiger partial charge is 0.311 e. The van der Waals surface area contributed by atoms with Gasteiger partial charge in [0.2, 0.25) is 0 Å². The molecule has 66 heavy (non-hydrogen) atoms. The van der Waals surface area contributed by atoms with Crippen LogP contribution in [-0.2, 0) is 50.9 Å². The molecule has 0 aromatic heterocycles. The third kappa shape index (κ3) is 35.8. The minimum Gasteiger partial charge on any atom is -0.437 e. The van der Waals surface area contributed by atoms with Crippen molar-refractivity contribution in [2.24, 2.45) is 0 Å². The van der Waals surface area contributed by atoms with Gasteiger partial charge in [0.25, 0.3) is 0 Å². The Morgan fingerprint density at radius 1 is 0.348 bits per heavy atom. The van der Waals surface area contributed by atoms with Crippen LogP contribution in [0.1, 0.15) is 26.2 Å². The Kier molecular flexibility index (Phi) is 38.3. The summed E-state index contributed by atoms with van der Waals surface area (Å²) in [6.07, 6.45) is -6.72. The minimum absolute atomic E-state index is 0.0414. The maximum atomic E-state index is 10.4. The van der Waals surface area contributed by atoms with Gasteiger partial charge in [-0.1, -0.05) is 19.8 Å². The largest absolute Gasteiger partial charge is 0.437 e. The molecule has 0 aromatic rings. The Balaban J connectivity index is 6.26. The van der Waals surface area contributed by atoms with Gasteiger partial charge in [0, 0.05) is 0 Å². The number of hydrogen-bond donors (Lipinski definition) is 11. The molecule has 0 fully saturated rings. The summed E-state index contributed by atoms with van der Waals surface area (Å²) < 4.78 is 65.8. The Morgan fingerprint density at radius 3 is 1.15 bits per heavy atom. The minimum atomic E-state index is -2.53. The molecular weight excluding hydrogens is 929 g/mol. The highest BCUT2D eigenvalue weighted by Crippen LogP contribution is 2.27. The first-order valence-corrected chi connectivity index (χ1v) is 32.1. The summed E-state index contributed by atoms with van der Waals surface area (Å²) in [7, 11) is -6.88. The second kappa shape index (κ2) is 38.4. The summed E-state index contributed by atoms with van der Waals surface area (Å²) in [6.45, 7) is 10.4. The number of hydrogen-bond acceptors (Lipinski definition) is 22. The molecule has 0 heterocycles. The highest BCUT2D eigenvalue weighted by molar-refractivity contribution is 6.87. The van der Waals surface area contributed by atoms with E-state index in [1.54, 1.807) is 0 Å². The molecule has 398 valence electrons. The van der Waals surface area contributed by atoms with Gasteiger partial charge in [-0.05, 0) is 57.8 Å². The van der Waals surface area contributed by atoms with Gasteiger partial charge < -0.3 is 107 Å². The number of unbranched alkanes of at least 4 members (excludes halogenated alkanes) is 1. The molecule has 22 nitrogen and oxygen atoms in total. The van der Waals surface area contributed by atoms with Crippen molar-refractivity contribution in [2.75, 3.05) is 126 Å². The summed E-state index contributed by atoms with van der Waals surface area (Å²) in [5.74, 6) is 0. The molecule has 0 radical (unpaired) electrons. The molecule has 0 saturated heterocycles. The van der Waals surface area contributed by atoms with Gasteiger partial charge in [0.1, 0.15) is 54.9 Å². The molecule has 0 aliphatic carbocycles. The fraction of sp³-hybridized carbons (Fsp3) is 1.00. The number of aliphatic hydroxyl groups is 11. The highest BCUT2D eigenvalue weighted by Gasteiger charge is 2.39. The third-order valence-electron chi connectivity index (χ3n) is 9.55. The molecule has 0 spiro atoms. The first-order chi connectivity index (χ1) is 31.2. The SMILES string of the molecule is CCCC[Si](C)(C)O[Si](C)(C)O[Si](C)(C)CCC(COCC(COCC(O)CO)OCC(O)COCC(O)CO)OCC(COCC(CO)OCC(O)CO)OCC(CO)OCC(O)CO. The summed E-state index contributed by atoms with van der Waals surface area (Å²) in [4.78, 5) is 0. The fourth-order valence-electron chi connectivity index (χ4n) is 6.20. The Labute approximate surface area is 395 Å². The summed E-state index contributed by atoms with van der Waals surface area (Å²) >= 11 is 0. The van der Waals surface area contributed by atoms with Gasteiger partial charge in [-0.2, -0.15) is 0 Å². The molecular formula is C41H90O22Si3. The van der Waals surface area contributed by atoms with Crippen LogP contribution in [0.25, 0.3) is 0 Å². The highest BCUT2D eigenvalue weighted by atomic mass is 28.5. The first kappa shape index (κ1) is 65.8. The van der Waals surface area contributed by atoms with Gasteiger partial charge in [-0.3, -0.25) is 0 Å². The lowest BCUT2D eigenvalue weighted by Gasteiger charge is -2.39. The molecule has 11 N–H and O–H groups in total. The van der Waals surface area contributed by atoms with E-state index in [9.17, 15) is 46.0 Å². The Morgan fingerprint density at radius 2 is 0.667 bits per heavy atom. The van der Waals surface area contributed by atoms with E-state index in [0.717, 1.165) is 18.9 Å². The maximum absolute atomic E-state index is 10.4. The van der Waals surface area contributed by atoms with E-state index in [4.69, 9.17) is 61.1 Å². The van der Waals surface area contributed by atoms with Crippen molar-refractivity contribution in [3.8, 4) is 0 Å². The van der Waals surface area contributed by atoms with Crippen LogP contribution in [0.2, 0.25) is 51.4 Å². The lowest BCUT2D eigenvalue weighted by molar-refractivity contribution is -0.139. The zero-order chi connectivity index (χ0) is 50.0. The van der Waals surface area contributed by atoms with Crippen LogP contribution in [-0.4, -0.2) is 268 Å². The van der Waals surface area contributed by atoms with Crippen molar-refractivity contribution in [1.82, 2.24) is 0 Å². The number of ether oxygens (including phenoxy) is 9. The molecule has 0 saturated carbocycles. The van der Waals surface area contributed by atoms with Gasteiger partial charge in [-0.15, -0.1) is 0 Å². The van der Waals surface area contributed by atoms with Gasteiger partial charge in [0.15, 0.2) is 16.6 Å². The van der Waals surface area contributed by atoms with Crippen molar-refractivity contribution >= 4 is 25.2 Å². The normalized spacial score (nSPS) is 17.5. The lowest BCUT2D eigenvalue weighted by atomic mass is 10.3. The van der Waals surface area contributed by atoms with Crippen LogP contribution in [0, 0.1) is 0 Å². The van der Waals surface area contributed by atoms with Crippen molar-refractivity contribution in [2.45, 2.75) is 139 Å². The first-order valence-electron chi connectivity index (χ1n) is 23.0. The van der Waals surface area contributed by atoms with Crippen LogP contribution in [0.4, 0.5) is 0 Å².